The fraction of sp³-hybridized carbons (Fsp3) is 0.143. The predicted octanol–water partition coefficient (Wildman–Crippen LogP) is 2.48. The average molecular weight is 291 g/mol. The van der Waals surface area contributed by atoms with Crippen molar-refractivity contribution in [1.29, 1.82) is 0 Å². The Hall–Kier alpha value is -2.21. The molecule has 5 nitrogen and oxygen atoms in total. The highest BCUT2D eigenvalue weighted by molar-refractivity contribution is 7.90. The zero-order valence-electron chi connectivity index (χ0n) is 11.0. The molecule has 1 aromatic heterocycles. The van der Waals surface area contributed by atoms with Crippen LogP contribution in [0.1, 0.15) is 17.3 Å². The van der Waals surface area contributed by atoms with Crippen molar-refractivity contribution in [2.45, 2.75) is 11.8 Å². The van der Waals surface area contributed by atoms with E-state index in [0.29, 0.717) is 11.3 Å². The zero-order chi connectivity index (χ0) is 14.8. The maximum atomic E-state index is 11.5. The van der Waals surface area contributed by atoms with Crippen molar-refractivity contribution in [3.8, 4) is 11.6 Å². The fourth-order valence-corrected chi connectivity index (χ4v) is 2.23. The van der Waals surface area contributed by atoms with Crippen molar-refractivity contribution in [2.24, 2.45) is 0 Å². The second-order valence-electron chi connectivity index (χ2n) is 4.29. The van der Waals surface area contributed by atoms with E-state index in [1.165, 1.54) is 31.3 Å². The summed E-state index contributed by atoms with van der Waals surface area (Å²) in [7, 11) is -3.29. The van der Waals surface area contributed by atoms with Crippen LogP contribution in [0.25, 0.3) is 0 Å². The quantitative estimate of drug-likeness (QED) is 0.809. The lowest BCUT2D eigenvalue weighted by atomic mass is 10.2. The first-order valence-corrected chi connectivity index (χ1v) is 7.70. The summed E-state index contributed by atoms with van der Waals surface area (Å²) >= 11 is 0. The molecule has 0 aliphatic carbocycles. The van der Waals surface area contributed by atoms with Gasteiger partial charge in [0, 0.05) is 24.1 Å². The van der Waals surface area contributed by atoms with Crippen LogP contribution in [0.2, 0.25) is 0 Å². The second kappa shape index (κ2) is 5.42. The Morgan fingerprint density at radius 2 is 1.95 bits per heavy atom. The summed E-state index contributed by atoms with van der Waals surface area (Å²) in [4.78, 5) is 15.4. The number of aromatic nitrogens is 1. The van der Waals surface area contributed by atoms with Gasteiger partial charge in [-0.05, 0) is 31.2 Å². The molecule has 0 aliphatic rings. The fourth-order valence-electron chi connectivity index (χ4n) is 1.57. The molecule has 0 fully saturated rings. The molecular weight excluding hydrogens is 278 g/mol. The van der Waals surface area contributed by atoms with E-state index >= 15 is 0 Å². The van der Waals surface area contributed by atoms with Crippen molar-refractivity contribution >= 4 is 15.6 Å². The van der Waals surface area contributed by atoms with E-state index in [-0.39, 0.29) is 16.6 Å². The van der Waals surface area contributed by atoms with Crippen LogP contribution < -0.4 is 4.74 Å². The minimum atomic E-state index is -3.29. The molecule has 104 valence electrons. The van der Waals surface area contributed by atoms with Gasteiger partial charge in [-0.15, -0.1) is 0 Å². The highest BCUT2D eigenvalue weighted by atomic mass is 32.2. The zero-order valence-corrected chi connectivity index (χ0v) is 11.8. The largest absolute Gasteiger partial charge is 0.439 e. The highest BCUT2D eigenvalue weighted by Gasteiger charge is 2.09. The van der Waals surface area contributed by atoms with Crippen molar-refractivity contribution in [2.75, 3.05) is 6.26 Å². The molecule has 0 saturated heterocycles. The minimum Gasteiger partial charge on any atom is -0.439 e. The van der Waals surface area contributed by atoms with Crippen molar-refractivity contribution in [3.63, 3.8) is 0 Å². The molecule has 0 spiro atoms. The molecule has 0 unspecified atom stereocenters. The van der Waals surface area contributed by atoms with Gasteiger partial charge in [-0.2, -0.15) is 0 Å². The Morgan fingerprint density at radius 1 is 1.20 bits per heavy atom. The molecule has 0 atom stereocenters. The number of benzene rings is 1. The Balaban J connectivity index is 2.31. The molecule has 6 heteroatoms. The van der Waals surface area contributed by atoms with Gasteiger partial charge < -0.3 is 4.74 Å². The van der Waals surface area contributed by atoms with Crippen LogP contribution in [0.3, 0.4) is 0 Å². The number of Topliss-reactive ketones (excluding diaryl/α,β-unsaturated/α-hetero) is 1. The molecular formula is C14H13NO4S. The summed E-state index contributed by atoms with van der Waals surface area (Å²) in [5.41, 5.74) is 0.481. The van der Waals surface area contributed by atoms with Crippen molar-refractivity contribution in [1.82, 2.24) is 4.98 Å². The molecule has 1 aromatic carbocycles. The first-order chi connectivity index (χ1) is 9.36. The van der Waals surface area contributed by atoms with Gasteiger partial charge in [0.15, 0.2) is 15.6 Å². The van der Waals surface area contributed by atoms with Gasteiger partial charge in [0.2, 0.25) is 5.88 Å². The number of carbonyl (C=O) groups excluding carboxylic acids is 1. The number of sulfone groups is 1. The van der Waals surface area contributed by atoms with Crippen LogP contribution in [-0.4, -0.2) is 25.4 Å². The van der Waals surface area contributed by atoms with E-state index in [2.05, 4.69) is 4.98 Å². The molecule has 2 aromatic rings. The van der Waals surface area contributed by atoms with E-state index in [1.807, 2.05) is 0 Å². The summed E-state index contributed by atoms with van der Waals surface area (Å²) in [5.74, 6) is 0.492. The number of carbonyl (C=O) groups is 1. The Kier molecular flexibility index (Phi) is 3.85. The number of rotatable bonds is 4. The molecule has 0 amide bonds. The van der Waals surface area contributed by atoms with Gasteiger partial charge in [-0.25, -0.2) is 13.4 Å². The van der Waals surface area contributed by atoms with Crippen LogP contribution in [0.4, 0.5) is 0 Å². The Bertz CT molecular complexity index is 753. The number of hydrogen-bond donors (Lipinski definition) is 0. The molecule has 0 radical (unpaired) electrons. The van der Waals surface area contributed by atoms with Gasteiger partial charge in [0.25, 0.3) is 0 Å². The maximum Gasteiger partial charge on any atom is 0.219 e. The van der Waals surface area contributed by atoms with Crippen LogP contribution in [0.15, 0.2) is 47.5 Å². The third-order valence-electron chi connectivity index (χ3n) is 2.60. The molecule has 2 rings (SSSR count). The smallest absolute Gasteiger partial charge is 0.219 e. The first kappa shape index (κ1) is 14.2. The van der Waals surface area contributed by atoms with Crippen molar-refractivity contribution < 1.29 is 17.9 Å². The summed E-state index contributed by atoms with van der Waals surface area (Å²) < 4.78 is 28.4. The van der Waals surface area contributed by atoms with Gasteiger partial charge in [-0.3, -0.25) is 4.79 Å². The minimum absolute atomic E-state index is 0.0952. The first-order valence-electron chi connectivity index (χ1n) is 5.81. The second-order valence-corrected chi connectivity index (χ2v) is 6.30. The lowest BCUT2D eigenvalue weighted by Gasteiger charge is -2.06. The van der Waals surface area contributed by atoms with E-state index in [0.717, 1.165) is 6.26 Å². The lowest BCUT2D eigenvalue weighted by Crippen LogP contribution is -1.98. The molecule has 0 N–H and O–H groups in total. The number of ketones is 1. The Labute approximate surface area is 117 Å². The maximum absolute atomic E-state index is 11.5. The summed E-state index contributed by atoms with van der Waals surface area (Å²) in [6.45, 7) is 1.45. The average Bonchev–Trinajstić information content (AvgIpc) is 2.38. The standard InChI is InChI=1S/C14H13NO4S/c1-10(16)11-6-7-15-14(8-11)19-12-4-3-5-13(9-12)20(2,17)18/h3-9H,1-2H3. The summed E-state index contributed by atoms with van der Waals surface area (Å²) in [5, 5.41) is 0. The number of pyridine rings is 1. The van der Waals surface area contributed by atoms with Crippen LogP contribution in [0.5, 0.6) is 11.6 Å². The molecule has 20 heavy (non-hydrogen) atoms. The third-order valence-corrected chi connectivity index (χ3v) is 3.71. The number of hydrogen-bond acceptors (Lipinski definition) is 5. The van der Waals surface area contributed by atoms with Gasteiger partial charge in [0.1, 0.15) is 5.75 Å². The Morgan fingerprint density at radius 3 is 2.60 bits per heavy atom. The molecule has 0 bridgehead atoms. The molecule has 0 aliphatic heterocycles. The van der Waals surface area contributed by atoms with Crippen LogP contribution in [0, 0.1) is 0 Å². The number of nitrogens with zero attached hydrogens (tertiary/aromatic N) is 1. The van der Waals surface area contributed by atoms with Crippen LogP contribution >= 0.6 is 0 Å². The van der Waals surface area contributed by atoms with Crippen molar-refractivity contribution in [3.05, 3.63) is 48.2 Å². The monoisotopic (exact) mass is 291 g/mol. The summed E-state index contributed by atoms with van der Waals surface area (Å²) in [6.07, 6.45) is 2.59. The van der Waals surface area contributed by atoms with E-state index in [4.69, 9.17) is 4.74 Å². The van der Waals surface area contributed by atoms with E-state index < -0.39 is 9.84 Å². The summed E-state index contributed by atoms with van der Waals surface area (Å²) in [6, 6.07) is 9.20. The van der Waals surface area contributed by atoms with Gasteiger partial charge >= 0.3 is 0 Å². The third kappa shape index (κ3) is 3.42. The SMILES string of the molecule is CC(=O)c1ccnc(Oc2cccc(S(C)(=O)=O)c2)c1. The van der Waals surface area contributed by atoms with Gasteiger partial charge in [-0.1, -0.05) is 6.07 Å². The van der Waals surface area contributed by atoms with Crippen LogP contribution in [-0.2, 0) is 9.84 Å². The lowest BCUT2D eigenvalue weighted by molar-refractivity contribution is 0.101. The predicted molar refractivity (Wildman–Crippen MR) is 73.9 cm³/mol. The molecule has 0 saturated carbocycles. The van der Waals surface area contributed by atoms with E-state index in [1.54, 1.807) is 18.2 Å². The number of ether oxygens (including phenoxy) is 1. The van der Waals surface area contributed by atoms with Gasteiger partial charge in [0.05, 0.1) is 4.90 Å². The highest BCUT2D eigenvalue weighted by Crippen LogP contribution is 2.23. The topological polar surface area (TPSA) is 73.3 Å². The van der Waals surface area contributed by atoms with E-state index in [9.17, 15) is 13.2 Å². The normalized spacial score (nSPS) is 11.1. The molecule has 1 heterocycles.